The summed E-state index contributed by atoms with van der Waals surface area (Å²) in [6, 6.07) is 1.89. The average Bonchev–Trinajstić information content (AvgIpc) is 2.38. The summed E-state index contributed by atoms with van der Waals surface area (Å²) in [7, 11) is 0. The second kappa shape index (κ2) is 5.11. The van der Waals surface area contributed by atoms with Crippen molar-refractivity contribution in [2.45, 2.75) is 64.9 Å². The van der Waals surface area contributed by atoms with E-state index < -0.39 is 0 Å². The second-order valence-electron chi connectivity index (χ2n) is 6.78. The van der Waals surface area contributed by atoms with Crippen LogP contribution in [-0.2, 0) is 4.79 Å². The van der Waals surface area contributed by atoms with Crippen LogP contribution in [0.5, 0.6) is 11.5 Å². The fourth-order valence-electron chi connectivity index (χ4n) is 3.43. The molecule has 0 aromatic heterocycles. The smallest absolute Gasteiger partial charge is 0.308 e. The maximum atomic E-state index is 12.6. The van der Waals surface area contributed by atoms with Gasteiger partial charge in [0.25, 0.3) is 0 Å². The van der Waals surface area contributed by atoms with Gasteiger partial charge in [0, 0.05) is 18.1 Å². The van der Waals surface area contributed by atoms with Crippen LogP contribution in [0.1, 0.15) is 73.9 Å². The highest BCUT2D eigenvalue weighted by atomic mass is 16.5. The molecule has 1 aliphatic heterocycles. The van der Waals surface area contributed by atoms with Gasteiger partial charge in [-0.05, 0) is 38.2 Å². The molecule has 0 amide bonds. The number of ether oxygens (including phenoxy) is 2. The lowest BCUT2D eigenvalue weighted by atomic mass is 9.73. The number of carbonyl (C=O) groups excluding carboxylic acids is 2. The van der Waals surface area contributed by atoms with Crippen molar-refractivity contribution in [3.8, 4) is 11.5 Å². The molecule has 118 valence electrons. The first-order valence-electron chi connectivity index (χ1n) is 7.91. The third kappa shape index (κ3) is 2.31. The van der Waals surface area contributed by atoms with Crippen molar-refractivity contribution in [1.82, 2.24) is 0 Å². The highest BCUT2D eigenvalue weighted by molar-refractivity contribution is 6.02. The van der Waals surface area contributed by atoms with Gasteiger partial charge in [0.2, 0.25) is 0 Å². The summed E-state index contributed by atoms with van der Waals surface area (Å²) in [4.78, 5) is 24.0. The monoisotopic (exact) mass is 302 g/mol. The van der Waals surface area contributed by atoms with Gasteiger partial charge in [-0.2, -0.15) is 0 Å². The molecule has 0 N–H and O–H groups in total. The molecule has 1 aromatic carbocycles. The van der Waals surface area contributed by atoms with Crippen molar-refractivity contribution in [2.24, 2.45) is 0 Å². The van der Waals surface area contributed by atoms with Gasteiger partial charge < -0.3 is 9.47 Å². The Kier molecular flexibility index (Phi) is 3.50. The number of rotatable bonds is 2. The number of ketones is 1. The van der Waals surface area contributed by atoms with Crippen molar-refractivity contribution < 1.29 is 19.1 Å². The van der Waals surface area contributed by atoms with E-state index in [1.54, 1.807) is 0 Å². The molecule has 2 aliphatic rings. The highest BCUT2D eigenvalue weighted by Crippen LogP contribution is 2.48. The predicted octanol–water partition coefficient (Wildman–Crippen LogP) is 3.93. The Bertz CT molecular complexity index is 654. The molecule has 4 nitrogen and oxygen atoms in total. The predicted molar refractivity (Wildman–Crippen MR) is 82.7 cm³/mol. The van der Waals surface area contributed by atoms with Gasteiger partial charge >= 0.3 is 5.97 Å². The second-order valence-corrected chi connectivity index (χ2v) is 6.78. The Morgan fingerprint density at radius 3 is 2.55 bits per heavy atom. The minimum absolute atomic E-state index is 0.0992. The summed E-state index contributed by atoms with van der Waals surface area (Å²) in [5, 5.41) is 0. The Morgan fingerprint density at radius 1 is 1.36 bits per heavy atom. The SMILES string of the molecule is CC(=O)Oc1c(C(C)C)cc2c(c1C)C(=O)CC1(CCC1)O2. The summed E-state index contributed by atoms with van der Waals surface area (Å²) in [5.41, 5.74) is 1.93. The summed E-state index contributed by atoms with van der Waals surface area (Å²) in [6.07, 6.45) is 3.44. The van der Waals surface area contributed by atoms with Crippen LogP contribution in [0.3, 0.4) is 0 Å². The van der Waals surface area contributed by atoms with E-state index >= 15 is 0 Å². The Morgan fingerprint density at radius 2 is 2.05 bits per heavy atom. The number of fused-ring (bicyclic) bond motifs is 1. The topological polar surface area (TPSA) is 52.6 Å². The normalized spacial score (nSPS) is 18.7. The molecular formula is C18H22O4. The van der Waals surface area contributed by atoms with Crippen molar-refractivity contribution in [3.63, 3.8) is 0 Å². The van der Waals surface area contributed by atoms with Crippen LogP contribution >= 0.6 is 0 Å². The van der Waals surface area contributed by atoms with Crippen molar-refractivity contribution >= 4 is 11.8 Å². The molecule has 1 aliphatic carbocycles. The molecule has 22 heavy (non-hydrogen) atoms. The van der Waals surface area contributed by atoms with Crippen LogP contribution in [-0.4, -0.2) is 17.4 Å². The van der Waals surface area contributed by atoms with E-state index in [0.29, 0.717) is 23.5 Å². The fraction of sp³-hybridized carbons (Fsp3) is 0.556. The van der Waals surface area contributed by atoms with Crippen molar-refractivity contribution in [2.75, 3.05) is 0 Å². The summed E-state index contributed by atoms with van der Waals surface area (Å²) in [6.45, 7) is 7.30. The number of esters is 1. The summed E-state index contributed by atoms with van der Waals surface area (Å²) < 4.78 is 11.6. The number of carbonyl (C=O) groups is 2. The van der Waals surface area contributed by atoms with Gasteiger partial charge in [0.05, 0.1) is 12.0 Å². The first-order valence-corrected chi connectivity index (χ1v) is 7.91. The van der Waals surface area contributed by atoms with Gasteiger partial charge in [-0.1, -0.05) is 13.8 Å². The fourth-order valence-corrected chi connectivity index (χ4v) is 3.43. The van der Waals surface area contributed by atoms with Gasteiger partial charge in [0.1, 0.15) is 17.1 Å². The number of benzene rings is 1. The first kappa shape index (κ1) is 15.1. The Labute approximate surface area is 130 Å². The summed E-state index contributed by atoms with van der Waals surface area (Å²) in [5.74, 6) is 1.08. The largest absolute Gasteiger partial charge is 0.486 e. The molecule has 1 aromatic rings. The van der Waals surface area contributed by atoms with Gasteiger partial charge in [-0.25, -0.2) is 0 Å². The number of hydrogen-bond donors (Lipinski definition) is 0. The molecule has 0 unspecified atom stereocenters. The van der Waals surface area contributed by atoms with Crippen molar-refractivity contribution in [1.29, 1.82) is 0 Å². The van der Waals surface area contributed by atoms with Crippen LogP contribution in [0, 0.1) is 6.92 Å². The number of hydrogen-bond acceptors (Lipinski definition) is 4. The highest BCUT2D eigenvalue weighted by Gasteiger charge is 2.46. The quantitative estimate of drug-likeness (QED) is 0.613. The minimum Gasteiger partial charge on any atom is -0.486 e. The van der Waals surface area contributed by atoms with E-state index in [0.717, 1.165) is 30.4 Å². The molecule has 0 bridgehead atoms. The maximum Gasteiger partial charge on any atom is 0.308 e. The van der Waals surface area contributed by atoms with E-state index in [-0.39, 0.29) is 23.3 Å². The zero-order valence-corrected chi connectivity index (χ0v) is 13.6. The van der Waals surface area contributed by atoms with E-state index in [4.69, 9.17) is 9.47 Å². The zero-order valence-electron chi connectivity index (χ0n) is 13.6. The van der Waals surface area contributed by atoms with Gasteiger partial charge in [-0.15, -0.1) is 0 Å². The van der Waals surface area contributed by atoms with Crippen LogP contribution in [0.4, 0.5) is 0 Å². The Hall–Kier alpha value is -1.84. The first-order chi connectivity index (χ1) is 10.3. The molecule has 0 radical (unpaired) electrons. The molecule has 0 atom stereocenters. The standard InChI is InChI=1S/C18H22O4/c1-10(2)13-8-15-16(11(3)17(13)21-12(4)19)14(20)9-18(22-15)6-5-7-18/h8,10H,5-7,9H2,1-4H3. The van der Waals surface area contributed by atoms with Crippen LogP contribution < -0.4 is 9.47 Å². The van der Waals surface area contributed by atoms with E-state index in [1.165, 1.54) is 6.92 Å². The van der Waals surface area contributed by atoms with E-state index in [1.807, 2.05) is 26.8 Å². The lowest BCUT2D eigenvalue weighted by Crippen LogP contribution is -2.47. The molecule has 0 saturated heterocycles. The molecule has 4 heteroatoms. The van der Waals surface area contributed by atoms with Gasteiger partial charge in [-0.3, -0.25) is 9.59 Å². The van der Waals surface area contributed by atoms with Crippen molar-refractivity contribution in [3.05, 3.63) is 22.8 Å². The van der Waals surface area contributed by atoms with E-state index in [2.05, 4.69) is 0 Å². The van der Waals surface area contributed by atoms with Crippen LogP contribution in [0.15, 0.2) is 6.07 Å². The van der Waals surface area contributed by atoms with Crippen LogP contribution in [0.25, 0.3) is 0 Å². The average molecular weight is 302 g/mol. The molecule has 3 rings (SSSR count). The minimum atomic E-state index is -0.371. The molecule has 1 spiro atoms. The Balaban J connectivity index is 2.14. The van der Waals surface area contributed by atoms with Gasteiger partial charge in [0.15, 0.2) is 5.78 Å². The lowest BCUT2D eigenvalue weighted by Gasteiger charge is -2.45. The lowest BCUT2D eigenvalue weighted by molar-refractivity contribution is -0.132. The number of Topliss-reactive ketones (excluding diaryl/α,β-unsaturated/α-hetero) is 1. The van der Waals surface area contributed by atoms with Crippen LogP contribution in [0.2, 0.25) is 0 Å². The molecule has 1 fully saturated rings. The molecular weight excluding hydrogens is 280 g/mol. The maximum absolute atomic E-state index is 12.6. The summed E-state index contributed by atoms with van der Waals surface area (Å²) >= 11 is 0. The molecule has 1 heterocycles. The zero-order chi connectivity index (χ0) is 16.1. The third-order valence-electron chi connectivity index (χ3n) is 4.73. The third-order valence-corrected chi connectivity index (χ3v) is 4.73. The molecule has 1 saturated carbocycles. The van der Waals surface area contributed by atoms with E-state index in [9.17, 15) is 9.59 Å².